The van der Waals surface area contributed by atoms with E-state index >= 15 is 0 Å². The Hall–Kier alpha value is -3.63. The number of H-pyrrole nitrogens is 1. The maximum atomic E-state index is 13.3. The number of carbonyl (C=O) groups excluding carboxylic acids is 2. The molecule has 0 spiro atoms. The second kappa shape index (κ2) is 11.0. The Balaban J connectivity index is 1.37. The van der Waals surface area contributed by atoms with Gasteiger partial charge in [0.05, 0.1) is 17.9 Å². The van der Waals surface area contributed by atoms with Crippen LogP contribution in [-0.4, -0.2) is 29.5 Å². The number of amides is 1. The second-order valence-corrected chi connectivity index (χ2v) is 11.7. The lowest BCUT2D eigenvalue weighted by Gasteiger charge is -2.22. The molecule has 2 atom stereocenters. The van der Waals surface area contributed by atoms with Crippen molar-refractivity contribution in [3.05, 3.63) is 92.1 Å². The van der Waals surface area contributed by atoms with Crippen molar-refractivity contribution in [2.75, 3.05) is 12.4 Å². The van der Waals surface area contributed by atoms with Crippen molar-refractivity contribution in [3.63, 3.8) is 0 Å². The lowest BCUT2D eigenvalue weighted by atomic mass is 9.83. The maximum Gasteiger partial charge on any atom is 0.442 e. The van der Waals surface area contributed by atoms with E-state index in [0.29, 0.717) is 22.2 Å². The van der Waals surface area contributed by atoms with E-state index in [1.54, 1.807) is 6.92 Å². The third-order valence-electron chi connectivity index (χ3n) is 6.72. The quantitative estimate of drug-likeness (QED) is 0.195. The summed E-state index contributed by atoms with van der Waals surface area (Å²) in [6, 6.07) is 17.9. The van der Waals surface area contributed by atoms with Gasteiger partial charge in [-0.05, 0) is 71.9 Å². The van der Waals surface area contributed by atoms with E-state index in [1.165, 1.54) is 28.7 Å². The predicted octanol–water partition coefficient (Wildman–Crippen LogP) is 4.79. The van der Waals surface area contributed by atoms with Crippen LogP contribution in [0.2, 0.25) is 0 Å². The fourth-order valence-electron chi connectivity index (χ4n) is 4.66. The number of aryl methyl sites for hydroxylation is 1. The third-order valence-corrected chi connectivity index (χ3v) is 9.03. The van der Waals surface area contributed by atoms with Gasteiger partial charge in [-0.3, -0.25) is 9.32 Å². The van der Waals surface area contributed by atoms with Gasteiger partial charge in [0.25, 0.3) is 0 Å². The lowest BCUT2D eigenvalue weighted by Crippen LogP contribution is -2.37. The summed E-state index contributed by atoms with van der Waals surface area (Å²) in [5.41, 5.74) is 3.88. The van der Waals surface area contributed by atoms with Crippen LogP contribution in [0.25, 0.3) is 5.69 Å². The van der Waals surface area contributed by atoms with Gasteiger partial charge in [-0.15, -0.1) is 11.3 Å². The highest BCUT2D eigenvalue weighted by Gasteiger charge is 2.33. The average Bonchev–Trinajstić information content (AvgIpc) is 3.48. The molecule has 0 radical (unpaired) electrons. The van der Waals surface area contributed by atoms with Crippen LogP contribution < -0.4 is 15.6 Å². The van der Waals surface area contributed by atoms with Crippen molar-refractivity contribution in [3.8, 4) is 5.69 Å². The van der Waals surface area contributed by atoms with Crippen molar-refractivity contribution < 1.29 is 23.5 Å². The van der Waals surface area contributed by atoms with Crippen LogP contribution in [0.15, 0.2) is 68.9 Å². The number of ether oxygens (including phenoxy) is 1. The van der Waals surface area contributed by atoms with Crippen molar-refractivity contribution >= 4 is 40.0 Å². The predicted molar refractivity (Wildman–Crippen MR) is 146 cm³/mol. The van der Waals surface area contributed by atoms with Crippen LogP contribution >= 0.6 is 23.1 Å². The normalized spacial score (nSPS) is 15.5. The first kappa shape index (κ1) is 26.0. The largest absolute Gasteiger partial charge is 0.465 e. The van der Waals surface area contributed by atoms with Crippen LogP contribution in [0.4, 0.5) is 5.00 Å². The molecule has 10 heteroatoms. The molecule has 1 aliphatic rings. The third kappa shape index (κ3) is 5.19. The molecule has 2 unspecified atom stereocenters. The number of benzene rings is 2. The maximum absolute atomic E-state index is 13.3. The van der Waals surface area contributed by atoms with Gasteiger partial charge in [0, 0.05) is 17.0 Å². The molecule has 0 saturated carbocycles. The number of methoxy groups -OCH3 is 1. The lowest BCUT2D eigenvalue weighted by molar-refractivity contribution is -0.704. The zero-order chi connectivity index (χ0) is 26.8. The molecule has 1 aliphatic carbocycles. The van der Waals surface area contributed by atoms with E-state index in [1.807, 2.05) is 49.4 Å². The van der Waals surface area contributed by atoms with Gasteiger partial charge in [0.1, 0.15) is 5.00 Å². The van der Waals surface area contributed by atoms with Gasteiger partial charge in [-0.1, -0.05) is 48.0 Å². The number of fused-ring (bicyclic) bond motifs is 1. The second-order valence-electron chi connectivity index (χ2n) is 9.26. The van der Waals surface area contributed by atoms with Gasteiger partial charge >= 0.3 is 16.6 Å². The molecular formula is C28H28N3O5S2+. The van der Waals surface area contributed by atoms with Crippen LogP contribution in [-0.2, 0) is 22.4 Å². The highest BCUT2D eigenvalue weighted by molar-refractivity contribution is 8.00. The minimum Gasteiger partial charge on any atom is -0.465 e. The number of thioether (sulfide) groups is 1. The Bertz CT molecular complexity index is 1520. The van der Waals surface area contributed by atoms with Gasteiger partial charge in [-0.25, -0.2) is 9.59 Å². The molecule has 4 aromatic rings. The van der Waals surface area contributed by atoms with Crippen molar-refractivity contribution in [2.45, 2.75) is 49.3 Å². The van der Waals surface area contributed by atoms with Crippen LogP contribution in [0, 0.1) is 6.92 Å². The molecule has 0 saturated heterocycles. The first-order valence-corrected chi connectivity index (χ1v) is 14.0. The Morgan fingerprint density at radius 1 is 1.18 bits per heavy atom. The summed E-state index contributed by atoms with van der Waals surface area (Å²) in [7, 11) is 1.35. The Kier molecular flexibility index (Phi) is 7.53. The van der Waals surface area contributed by atoms with Crippen molar-refractivity contribution in [1.29, 1.82) is 0 Å². The van der Waals surface area contributed by atoms with Gasteiger partial charge in [0.15, 0.2) is 0 Å². The van der Waals surface area contributed by atoms with E-state index in [0.717, 1.165) is 47.0 Å². The summed E-state index contributed by atoms with van der Waals surface area (Å²) in [6.07, 6.45) is 2.45. The summed E-state index contributed by atoms with van der Waals surface area (Å²) in [5.74, 6) is -0.426. The highest BCUT2D eigenvalue weighted by Crippen LogP contribution is 2.43. The minimum absolute atomic E-state index is 0.251. The van der Waals surface area contributed by atoms with E-state index in [4.69, 9.17) is 9.26 Å². The van der Waals surface area contributed by atoms with E-state index < -0.39 is 16.8 Å². The number of rotatable bonds is 7. The minimum atomic E-state index is -0.646. The number of aromatic nitrogens is 2. The van der Waals surface area contributed by atoms with Gasteiger partial charge in [0.2, 0.25) is 11.6 Å². The molecule has 5 rings (SSSR count). The smallest absolute Gasteiger partial charge is 0.442 e. The molecule has 2 N–H and O–H groups in total. The van der Waals surface area contributed by atoms with E-state index in [2.05, 4.69) is 22.7 Å². The van der Waals surface area contributed by atoms with Crippen LogP contribution in [0.1, 0.15) is 51.2 Å². The van der Waals surface area contributed by atoms with Gasteiger partial charge < -0.3 is 10.1 Å². The molecule has 1 amide bonds. The van der Waals surface area contributed by atoms with E-state index in [9.17, 15) is 14.4 Å². The number of carbonyl (C=O) groups is 2. The number of nitrogens with one attached hydrogen (secondary N) is 2. The summed E-state index contributed by atoms with van der Waals surface area (Å²) in [4.78, 5) is 39.6. The number of thiophene rings is 1. The average molecular weight is 551 g/mol. The molecule has 38 heavy (non-hydrogen) atoms. The Morgan fingerprint density at radius 2 is 1.92 bits per heavy atom. The highest BCUT2D eigenvalue weighted by atomic mass is 32.2. The molecule has 0 bridgehead atoms. The molecular weight excluding hydrogens is 522 g/mol. The fraction of sp³-hybridized carbons (Fsp3) is 0.286. The number of esters is 1. The topological polar surface area (TPSA) is 105 Å². The number of hydrogen-bond acceptors (Lipinski definition) is 7. The summed E-state index contributed by atoms with van der Waals surface area (Å²) in [6.45, 7) is 3.68. The zero-order valence-corrected chi connectivity index (χ0v) is 22.9. The summed E-state index contributed by atoms with van der Waals surface area (Å²) >= 11 is 2.51. The van der Waals surface area contributed by atoms with Crippen molar-refractivity contribution in [1.82, 2.24) is 5.27 Å². The molecule has 0 aliphatic heterocycles. The number of aromatic amines is 1. The van der Waals surface area contributed by atoms with Crippen molar-refractivity contribution in [2.24, 2.45) is 0 Å². The fourth-order valence-corrected chi connectivity index (χ4v) is 6.87. The molecule has 8 nitrogen and oxygen atoms in total. The molecule has 196 valence electrons. The summed E-state index contributed by atoms with van der Waals surface area (Å²) < 4.78 is 11.6. The first-order valence-electron chi connectivity index (χ1n) is 12.3. The monoisotopic (exact) mass is 550 g/mol. The van der Waals surface area contributed by atoms with Crippen LogP contribution in [0.5, 0.6) is 0 Å². The SMILES string of the molecule is COC(=O)c1c(NC(=O)C(C)Sc2c(=O)o[nH][n+]2-c2ccc(C)cc2)sc2c1CCC(c1ccccc1)C2. The first-order chi connectivity index (χ1) is 18.4. The standard InChI is InChI=1S/C28H27N3O5S2/c1-16-9-12-20(13-10-16)31-26(28(34)36-30-31)37-17(2)24(32)29-25-23(27(33)35-3)21-14-11-19(15-22(21)38-25)18-7-5-4-6-8-18/h4-10,12-13,17,19H,11,14-15H2,1-3H3,(H-,29,30,32,33,34)/p+1. The zero-order valence-electron chi connectivity index (χ0n) is 21.3. The summed E-state index contributed by atoms with van der Waals surface area (Å²) in [5, 5.41) is 5.64. The number of hydrogen-bond donors (Lipinski definition) is 2. The Labute approximate surface area is 228 Å². The van der Waals surface area contributed by atoms with Gasteiger partial charge in [-0.2, -0.15) is 0 Å². The number of nitrogens with zero attached hydrogens (tertiary/aromatic N) is 1. The molecule has 2 aromatic heterocycles. The Morgan fingerprint density at radius 3 is 2.63 bits per heavy atom. The van der Waals surface area contributed by atoms with E-state index in [-0.39, 0.29) is 10.9 Å². The molecule has 2 aromatic carbocycles. The van der Waals surface area contributed by atoms with Crippen LogP contribution in [0.3, 0.4) is 0 Å². The molecule has 0 fully saturated rings. The number of anilines is 1. The molecule has 2 heterocycles.